The van der Waals surface area contributed by atoms with E-state index in [4.69, 9.17) is 18.5 Å². The Morgan fingerprint density at radius 3 is 1.38 bits per heavy atom. The third-order valence-electron chi connectivity index (χ3n) is 6.61. The molecule has 0 aliphatic heterocycles. The number of allylic oxidation sites excluding steroid dienone is 2. The first kappa shape index (κ1) is 35.5. The van der Waals surface area contributed by atoms with E-state index in [0.29, 0.717) is 26.4 Å². The maximum Gasteiger partial charge on any atom is 0.335 e. The molecule has 0 unspecified atom stereocenters. The molecule has 1 aromatic rings. The van der Waals surface area contributed by atoms with E-state index in [1.807, 2.05) is 44.2 Å². The molecule has 6 heteroatoms. The Kier molecular flexibility index (Phi) is 22.1. The zero-order valence-electron chi connectivity index (χ0n) is 25.1. The van der Waals surface area contributed by atoms with Crippen LogP contribution in [-0.2, 0) is 19.8 Å². The fourth-order valence-corrected chi connectivity index (χ4v) is 6.24. The molecule has 0 bridgehead atoms. The van der Waals surface area contributed by atoms with Crippen LogP contribution >= 0.6 is 7.60 Å². The fourth-order valence-electron chi connectivity index (χ4n) is 4.56. The Morgan fingerprint density at radius 2 is 1.00 bits per heavy atom. The quantitative estimate of drug-likeness (QED) is 0.0575. The molecule has 1 aromatic carbocycles. The molecule has 1 rings (SSSR count). The zero-order chi connectivity index (χ0) is 28.4. The van der Waals surface area contributed by atoms with Gasteiger partial charge in [-0.25, -0.2) is 0 Å². The molecule has 0 saturated carbocycles. The van der Waals surface area contributed by atoms with Crippen LogP contribution in [0.15, 0.2) is 43.5 Å². The number of benzene rings is 1. The number of hydrogen-bond donors (Lipinski definition) is 0. The van der Waals surface area contributed by atoms with E-state index in [1.54, 1.807) is 0 Å². The van der Waals surface area contributed by atoms with Crippen LogP contribution in [0.1, 0.15) is 122 Å². The highest BCUT2D eigenvalue weighted by Gasteiger charge is 2.24. The van der Waals surface area contributed by atoms with Gasteiger partial charge in [0.15, 0.2) is 0 Å². The van der Waals surface area contributed by atoms with Gasteiger partial charge >= 0.3 is 7.60 Å². The SMILES string of the molecule is C=CCCCCCCCCCOc1cc(CP(=O)(OCC)OCC)cc(OCCCCCCCCCC=C)c1. The first-order chi connectivity index (χ1) is 19.1. The lowest BCUT2D eigenvalue weighted by molar-refractivity contribution is 0.219. The summed E-state index contributed by atoms with van der Waals surface area (Å²) in [6.45, 7) is 13.3. The zero-order valence-corrected chi connectivity index (χ0v) is 26.0. The minimum Gasteiger partial charge on any atom is -0.493 e. The number of hydrogen-bond acceptors (Lipinski definition) is 5. The van der Waals surface area contributed by atoms with Crippen LogP contribution in [0.3, 0.4) is 0 Å². The summed E-state index contributed by atoms with van der Waals surface area (Å²) in [4.78, 5) is 0. The van der Waals surface area contributed by atoms with Crippen LogP contribution in [0.2, 0.25) is 0 Å². The van der Waals surface area contributed by atoms with Gasteiger partial charge in [0, 0.05) is 6.07 Å². The molecule has 0 N–H and O–H groups in total. The topological polar surface area (TPSA) is 54.0 Å². The Balaban J connectivity index is 2.56. The normalized spacial score (nSPS) is 11.4. The van der Waals surface area contributed by atoms with Crippen LogP contribution in [-0.4, -0.2) is 26.4 Å². The molecule has 0 atom stereocenters. The molecule has 0 heterocycles. The maximum atomic E-state index is 13.2. The summed E-state index contributed by atoms with van der Waals surface area (Å²) in [5, 5.41) is 0. The lowest BCUT2D eigenvalue weighted by Gasteiger charge is -2.18. The van der Waals surface area contributed by atoms with Gasteiger partial charge in [0.1, 0.15) is 11.5 Å². The average Bonchev–Trinajstić information content (AvgIpc) is 2.91. The predicted octanol–water partition coefficient (Wildman–Crippen LogP) is 10.8. The Morgan fingerprint density at radius 1 is 0.615 bits per heavy atom. The molecule has 0 saturated heterocycles. The van der Waals surface area contributed by atoms with E-state index in [0.717, 1.165) is 42.7 Å². The Labute approximate surface area is 240 Å². The van der Waals surface area contributed by atoms with Gasteiger partial charge in [-0.2, -0.15) is 0 Å². The fraction of sp³-hybridized carbons (Fsp3) is 0.697. The van der Waals surface area contributed by atoms with Crippen molar-refractivity contribution in [3.05, 3.63) is 49.1 Å². The van der Waals surface area contributed by atoms with Crippen molar-refractivity contribution in [3.8, 4) is 11.5 Å². The van der Waals surface area contributed by atoms with Gasteiger partial charge in [0.05, 0.1) is 32.6 Å². The monoisotopic (exact) mass is 564 g/mol. The van der Waals surface area contributed by atoms with E-state index in [2.05, 4.69) is 13.2 Å². The van der Waals surface area contributed by atoms with E-state index < -0.39 is 7.60 Å². The lowest BCUT2D eigenvalue weighted by Crippen LogP contribution is -2.03. The van der Waals surface area contributed by atoms with Crippen LogP contribution < -0.4 is 9.47 Å². The van der Waals surface area contributed by atoms with Gasteiger partial charge < -0.3 is 18.5 Å². The number of rotatable bonds is 28. The van der Waals surface area contributed by atoms with E-state index in [1.165, 1.54) is 77.0 Å². The molecule has 0 amide bonds. The van der Waals surface area contributed by atoms with Gasteiger partial charge in [-0.15, -0.1) is 13.2 Å². The third-order valence-corrected chi connectivity index (χ3v) is 8.67. The maximum absolute atomic E-state index is 13.2. The third kappa shape index (κ3) is 19.2. The molecule has 0 radical (unpaired) electrons. The minimum absolute atomic E-state index is 0.208. The molecule has 5 nitrogen and oxygen atoms in total. The van der Waals surface area contributed by atoms with Crippen molar-refractivity contribution in [2.75, 3.05) is 26.4 Å². The highest BCUT2D eigenvalue weighted by molar-refractivity contribution is 7.53. The van der Waals surface area contributed by atoms with Gasteiger partial charge in [-0.05, 0) is 70.1 Å². The smallest absolute Gasteiger partial charge is 0.335 e. The van der Waals surface area contributed by atoms with Crippen molar-refractivity contribution in [2.45, 2.75) is 123 Å². The molecular formula is C33H57O5P. The summed E-state index contributed by atoms with van der Waals surface area (Å²) in [6.07, 6.45) is 23.6. The first-order valence-electron chi connectivity index (χ1n) is 15.6. The highest BCUT2D eigenvalue weighted by atomic mass is 31.2. The van der Waals surface area contributed by atoms with Crippen molar-refractivity contribution in [2.24, 2.45) is 0 Å². The summed E-state index contributed by atoms with van der Waals surface area (Å²) < 4.78 is 36.4. The summed E-state index contributed by atoms with van der Waals surface area (Å²) >= 11 is 0. The standard InChI is InChI=1S/C33H57O5P/c1-5-9-11-13-15-17-19-21-23-25-35-32-27-31(30-39(34,37-7-3)38-8-4)28-33(29-32)36-26-24-22-20-18-16-14-12-10-6-2/h5-6,27-29H,1-2,7-26,30H2,3-4H3. The first-order valence-corrected chi connectivity index (χ1v) is 17.3. The van der Waals surface area contributed by atoms with Crippen molar-refractivity contribution in [1.29, 1.82) is 0 Å². The van der Waals surface area contributed by atoms with Crippen LogP contribution in [0, 0.1) is 0 Å². The Hall–Kier alpha value is -1.55. The van der Waals surface area contributed by atoms with E-state index in [-0.39, 0.29) is 6.16 Å². The largest absolute Gasteiger partial charge is 0.493 e. The van der Waals surface area contributed by atoms with Gasteiger partial charge in [0.25, 0.3) is 0 Å². The molecule has 0 aromatic heterocycles. The van der Waals surface area contributed by atoms with Gasteiger partial charge in [-0.1, -0.05) is 76.4 Å². The number of ether oxygens (including phenoxy) is 2. The number of unbranched alkanes of at least 4 members (excludes halogenated alkanes) is 14. The highest BCUT2D eigenvalue weighted by Crippen LogP contribution is 2.51. The van der Waals surface area contributed by atoms with Gasteiger partial charge in [-0.3, -0.25) is 4.57 Å². The van der Waals surface area contributed by atoms with Crippen LogP contribution in [0.25, 0.3) is 0 Å². The second-order valence-electron chi connectivity index (χ2n) is 10.2. The molecular weight excluding hydrogens is 507 g/mol. The average molecular weight is 565 g/mol. The molecule has 0 aliphatic carbocycles. The van der Waals surface area contributed by atoms with Crippen LogP contribution in [0.4, 0.5) is 0 Å². The van der Waals surface area contributed by atoms with Crippen molar-refractivity contribution >= 4 is 7.60 Å². The van der Waals surface area contributed by atoms with E-state index >= 15 is 0 Å². The summed E-state index contributed by atoms with van der Waals surface area (Å²) in [7, 11) is -3.21. The second kappa shape index (κ2) is 24.3. The van der Waals surface area contributed by atoms with E-state index in [9.17, 15) is 4.57 Å². The predicted molar refractivity (Wildman–Crippen MR) is 166 cm³/mol. The molecule has 0 fully saturated rings. The molecule has 224 valence electrons. The van der Waals surface area contributed by atoms with Crippen molar-refractivity contribution < 1.29 is 23.1 Å². The molecule has 0 aliphatic rings. The summed E-state index contributed by atoms with van der Waals surface area (Å²) in [5.41, 5.74) is 0.854. The summed E-state index contributed by atoms with van der Waals surface area (Å²) in [6, 6.07) is 5.85. The van der Waals surface area contributed by atoms with Crippen molar-refractivity contribution in [3.63, 3.8) is 0 Å². The Bertz CT molecular complexity index is 738. The van der Waals surface area contributed by atoms with Crippen LogP contribution in [0.5, 0.6) is 11.5 Å². The minimum atomic E-state index is -3.21. The van der Waals surface area contributed by atoms with Gasteiger partial charge in [0.2, 0.25) is 0 Å². The second-order valence-corrected chi connectivity index (χ2v) is 12.3. The molecule has 39 heavy (non-hydrogen) atoms. The lowest BCUT2D eigenvalue weighted by atomic mass is 10.1. The summed E-state index contributed by atoms with van der Waals surface area (Å²) in [5.74, 6) is 1.51. The molecule has 0 spiro atoms. The van der Waals surface area contributed by atoms with Crippen molar-refractivity contribution in [1.82, 2.24) is 0 Å².